The van der Waals surface area contributed by atoms with Crippen molar-refractivity contribution in [2.75, 3.05) is 31.1 Å². The molecule has 1 aromatic carbocycles. The third kappa shape index (κ3) is 2.97. The first kappa shape index (κ1) is 13.2. The molecule has 1 heterocycles. The molecule has 2 rings (SSSR count). The highest BCUT2D eigenvalue weighted by Gasteiger charge is 2.20. The van der Waals surface area contributed by atoms with Gasteiger partial charge in [0.2, 0.25) is 0 Å². The number of nitrogens with zero attached hydrogens (tertiary/aromatic N) is 3. The maximum absolute atomic E-state index is 10.8. The van der Waals surface area contributed by atoms with Crippen molar-refractivity contribution in [3.05, 3.63) is 29.8 Å². The molecule has 19 heavy (non-hydrogen) atoms. The van der Waals surface area contributed by atoms with Gasteiger partial charge in [-0.1, -0.05) is 12.1 Å². The number of benzene rings is 1. The van der Waals surface area contributed by atoms with E-state index >= 15 is 0 Å². The van der Waals surface area contributed by atoms with E-state index < -0.39 is 6.09 Å². The molecule has 1 aliphatic heterocycles. The summed E-state index contributed by atoms with van der Waals surface area (Å²) in [7, 11) is 0. The minimum Gasteiger partial charge on any atom is -0.465 e. The van der Waals surface area contributed by atoms with Gasteiger partial charge in [0, 0.05) is 31.9 Å². The summed E-state index contributed by atoms with van der Waals surface area (Å²) in [6.07, 6.45) is -0.849. The molecule has 1 saturated heterocycles. The van der Waals surface area contributed by atoms with Gasteiger partial charge in [-0.25, -0.2) is 4.79 Å². The Morgan fingerprint density at radius 2 is 1.84 bits per heavy atom. The maximum atomic E-state index is 10.8. The Kier molecular flexibility index (Phi) is 3.91. The van der Waals surface area contributed by atoms with Crippen LogP contribution in [0.25, 0.3) is 0 Å². The van der Waals surface area contributed by atoms with E-state index in [4.69, 9.17) is 10.4 Å². The SMILES string of the molecule is CC(C#N)c1ccc(N2CCN(C(=O)O)CC2)cc1. The monoisotopic (exact) mass is 259 g/mol. The van der Waals surface area contributed by atoms with Gasteiger partial charge in [-0.2, -0.15) is 5.26 Å². The topological polar surface area (TPSA) is 67.6 Å². The van der Waals surface area contributed by atoms with Crippen molar-refractivity contribution in [3.63, 3.8) is 0 Å². The van der Waals surface area contributed by atoms with Gasteiger partial charge in [-0.3, -0.25) is 0 Å². The number of carboxylic acid groups (broad SMARTS) is 1. The van der Waals surface area contributed by atoms with E-state index in [1.165, 1.54) is 4.90 Å². The van der Waals surface area contributed by atoms with Crippen molar-refractivity contribution >= 4 is 11.8 Å². The molecule has 5 heteroatoms. The number of hydrogen-bond donors (Lipinski definition) is 1. The van der Waals surface area contributed by atoms with Gasteiger partial charge >= 0.3 is 6.09 Å². The largest absolute Gasteiger partial charge is 0.465 e. The summed E-state index contributed by atoms with van der Waals surface area (Å²) in [4.78, 5) is 14.4. The normalized spacial score (nSPS) is 16.8. The first-order valence-electron chi connectivity index (χ1n) is 6.34. The summed E-state index contributed by atoms with van der Waals surface area (Å²) in [6.45, 7) is 4.36. The number of carbonyl (C=O) groups is 1. The van der Waals surface area contributed by atoms with Crippen LogP contribution in [0, 0.1) is 11.3 Å². The Bertz CT molecular complexity index is 484. The van der Waals surface area contributed by atoms with E-state index in [-0.39, 0.29) is 5.92 Å². The van der Waals surface area contributed by atoms with Crippen molar-refractivity contribution in [1.29, 1.82) is 5.26 Å². The summed E-state index contributed by atoms with van der Waals surface area (Å²) in [5.41, 5.74) is 2.09. The summed E-state index contributed by atoms with van der Waals surface area (Å²) in [6, 6.07) is 10.1. The number of nitriles is 1. The average molecular weight is 259 g/mol. The second-order valence-electron chi connectivity index (χ2n) is 4.70. The molecule has 1 amide bonds. The molecule has 0 saturated carbocycles. The molecule has 100 valence electrons. The molecule has 1 unspecified atom stereocenters. The number of piperazine rings is 1. The van der Waals surface area contributed by atoms with Gasteiger partial charge in [0.25, 0.3) is 0 Å². The van der Waals surface area contributed by atoms with E-state index in [2.05, 4.69) is 11.0 Å². The molecular formula is C14H17N3O2. The van der Waals surface area contributed by atoms with Crippen LogP contribution in [0.2, 0.25) is 0 Å². The number of amides is 1. The Hall–Kier alpha value is -2.22. The van der Waals surface area contributed by atoms with Crippen LogP contribution in [-0.2, 0) is 0 Å². The molecule has 1 atom stereocenters. The van der Waals surface area contributed by atoms with Crippen LogP contribution in [0.3, 0.4) is 0 Å². The van der Waals surface area contributed by atoms with Gasteiger partial charge in [0.1, 0.15) is 0 Å². The molecule has 5 nitrogen and oxygen atoms in total. The number of rotatable bonds is 2. The van der Waals surface area contributed by atoms with Crippen molar-refractivity contribution in [3.8, 4) is 6.07 Å². The van der Waals surface area contributed by atoms with Crippen LogP contribution in [-0.4, -0.2) is 42.3 Å². The number of hydrogen-bond acceptors (Lipinski definition) is 3. The molecule has 0 radical (unpaired) electrons. The molecule has 1 aromatic rings. The van der Waals surface area contributed by atoms with Gasteiger partial charge < -0.3 is 14.9 Å². The molecular weight excluding hydrogens is 242 g/mol. The minimum atomic E-state index is -0.849. The lowest BCUT2D eigenvalue weighted by Gasteiger charge is -2.34. The zero-order valence-electron chi connectivity index (χ0n) is 10.9. The third-order valence-corrected chi connectivity index (χ3v) is 3.50. The Balaban J connectivity index is 2.00. The zero-order valence-corrected chi connectivity index (χ0v) is 10.9. The first-order valence-corrected chi connectivity index (χ1v) is 6.34. The highest BCUT2D eigenvalue weighted by atomic mass is 16.4. The molecule has 0 aliphatic carbocycles. The lowest BCUT2D eigenvalue weighted by molar-refractivity contribution is 0.142. The first-order chi connectivity index (χ1) is 9.11. The fourth-order valence-corrected chi connectivity index (χ4v) is 2.20. The van der Waals surface area contributed by atoms with Crippen LogP contribution in [0.15, 0.2) is 24.3 Å². The summed E-state index contributed by atoms with van der Waals surface area (Å²) in [5, 5.41) is 17.8. The van der Waals surface area contributed by atoms with Crippen LogP contribution in [0.1, 0.15) is 18.4 Å². The molecule has 0 spiro atoms. The molecule has 1 aliphatic rings. The number of anilines is 1. The summed E-state index contributed by atoms with van der Waals surface area (Å²) < 4.78 is 0. The van der Waals surface area contributed by atoms with E-state index in [1.807, 2.05) is 31.2 Å². The van der Waals surface area contributed by atoms with Gasteiger partial charge in [0.05, 0.1) is 12.0 Å². The van der Waals surface area contributed by atoms with Crippen molar-refractivity contribution in [2.45, 2.75) is 12.8 Å². The van der Waals surface area contributed by atoms with Gasteiger partial charge in [0.15, 0.2) is 0 Å². The van der Waals surface area contributed by atoms with Crippen LogP contribution in [0.4, 0.5) is 10.5 Å². The lowest BCUT2D eigenvalue weighted by Crippen LogP contribution is -2.48. The predicted octanol–water partition coefficient (Wildman–Crippen LogP) is 2.11. The Labute approximate surface area is 112 Å². The standard InChI is InChI=1S/C14H17N3O2/c1-11(10-15)12-2-4-13(5-3-12)16-6-8-17(9-7-16)14(18)19/h2-5,11H,6-9H2,1H3,(H,18,19). The second-order valence-corrected chi connectivity index (χ2v) is 4.70. The maximum Gasteiger partial charge on any atom is 0.407 e. The van der Waals surface area contributed by atoms with Crippen LogP contribution < -0.4 is 4.90 Å². The summed E-state index contributed by atoms with van der Waals surface area (Å²) >= 11 is 0. The molecule has 1 N–H and O–H groups in total. The highest BCUT2D eigenvalue weighted by Crippen LogP contribution is 2.21. The van der Waals surface area contributed by atoms with Crippen molar-refractivity contribution in [1.82, 2.24) is 4.90 Å². The average Bonchev–Trinajstić information content (AvgIpc) is 2.46. The van der Waals surface area contributed by atoms with E-state index in [9.17, 15) is 4.79 Å². The predicted molar refractivity (Wildman–Crippen MR) is 72.3 cm³/mol. The van der Waals surface area contributed by atoms with Crippen LogP contribution in [0.5, 0.6) is 0 Å². The molecule has 0 aromatic heterocycles. The van der Waals surface area contributed by atoms with E-state index in [0.29, 0.717) is 26.2 Å². The minimum absolute atomic E-state index is 0.0992. The summed E-state index contributed by atoms with van der Waals surface area (Å²) in [5.74, 6) is -0.0992. The zero-order chi connectivity index (χ0) is 13.8. The third-order valence-electron chi connectivity index (χ3n) is 3.50. The van der Waals surface area contributed by atoms with Crippen LogP contribution >= 0.6 is 0 Å². The Morgan fingerprint density at radius 3 is 2.32 bits per heavy atom. The second kappa shape index (κ2) is 5.61. The van der Waals surface area contributed by atoms with Crippen molar-refractivity contribution in [2.24, 2.45) is 0 Å². The molecule has 1 fully saturated rings. The quantitative estimate of drug-likeness (QED) is 0.883. The fourth-order valence-electron chi connectivity index (χ4n) is 2.20. The van der Waals surface area contributed by atoms with Gasteiger partial charge in [-0.15, -0.1) is 0 Å². The highest BCUT2D eigenvalue weighted by molar-refractivity contribution is 5.65. The smallest absolute Gasteiger partial charge is 0.407 e. The Morgan fingerprint density at radius 1 is 1.26 bits per heavy atom. The molecule has 0 bridgehead atoms. The fraction of sp³-hybridized carbons (Fsp3) is 0.429. The van der Waals surface area contributed by atoms with E-state index in [0.717, 1.165) is 11.3 Å². The van der Waals surface area contributed by atoms with Crippen molar-refractivity contribution < 1.29 is 9.90 Å². The lowest BCUT2D eigenvalue weighted by atomic mass is 10.0. The van der Waals surface area contributed by atoms with E-state index in [1.54, 1.807) is 0 Å². The van der Waals surface area contributed by atoms with Gasteiger partial charge in [-0.05, 0) is 24.6 Å².